The van der Waals surface area contributed by atoms with Crippen molar-refractivity contribution < 1.29 is 9.90 Å². The summed E-state index contributed by atoms with van der Waals surface area (Å²) in [6, 6.07) is 9.30. The highest BCUT2D eigenvalue weighted by molar-refractivity contribution is 9.10. The Morgan fingerprint density at radius 2 is 2.10 bits per heavy atom. The maximum absolute atomic E-state index is 12.0. The Bertz CT molecular complexity index is 1050. The number of hydrogen-bond acceptors (Lipinski definition) is 5. The van der Waals surface area contributed by atoms with Crippen molar-refractivity contribution >= 4 is 39.0 Å². The second kappa shape index (κ2) is 9.49. The van der Waals surface area contributed by atoms with Crippen LogP contribution in [0.4, 0.5) is 0 Å². The zero-order valence-corrected chi connectivity index (χ0v) is 18.7. The fraction of sp³-hybridized carbons (Fsp3) is 0.273. The summed E-state index contributed by atoms with van der Waals surface area (Å²) in [5.74, 6) is 1.27. The Balaban J connectivity index is 1.34. The van der Waals surface area contributed by atoms with Crippen molar-refractivity contribution in [2.45, 2.75) is 25.2 Å². The lowest BCUT2D eigenvalue weighted by Crippen LogP contribution is -2.27. The Labute approximate surface area is 187 Å². The summed E-state index contributed by atoms with van der Waals surface area (Å²) in [6.07, 6.45) is 6.49. The fourth-order valence-electron chi connectivity index (χ4n) is 3.57. The number of aromatic hydroxyl groups is 1. The number of phenolic OH excluding ortho intramolecular Hbond substituents is 1. The summed E-state index contributed by atoms with van der Waals surface area (Å²) in [5, 5.41) is 24.9. The molecule has 0 bridgehead atoms. The van der Waals surface area contributed by atoms with E-state index in [9.17, 15) is 9.90 Å². The van der Waals surface area contributed by atoms with Gasteiger partial charge in [0.05, 0.1) is 16.4 Å². The molecule has 4 rings (SSSR count). The van der Waals surface area contributed by atoms with Crippen LogP contribution in [0.1, 0.15) is 40.4 Å². The largest absolute Gasteiger partial charge is 0.508 e. The van der Waals surface area contributed by atoms with E-state index >= 15 is 0 Å². The zero-order chi connectivity index (χ0) is 20.9. The van der Waals surface area contributed by atoms with Crippen molar-refractivity contribution in [3.05, 3.63) is 74.7 Å². The first-order chi connectivity index (χ1) is 14.6. The van der Waals surface area contributed by atoms with E-state index in [-0.39, 0.29) is 11.8 Å². The summed E-state index contributed by atoms with van der Waals surface area (Å²) in [5.41, 5.74) is 2.71. The summed E-state index contributed by atoms with van der Waals surface area (Å²) < 4.78 is 2.88. The monoisotopic (exact) mass is 486 g/mol. The molecule has 3 heterocycles. The van der Waals surface area contributed by atoms with E-state index in [1.807, 2.05) is 39.7 Å². The summed E-state index contributed by atoms with van der Waals surface area (Å²) in [4.78, 5) is 12.0. The van der Waals surface area contributed by atoms with E-state index in [4.69, 9.17) is 0 Å². The van der Waals surface area contributed by atoms with E-state index in [0.717, 1.165) is 52.9 Å². The average Bonchev–Trinajstić information content (AvgIpc) is 3.41. The number of nitrogens with zero attached hydrogens (tertiary/aromatic N) is 2. The van der Waals surface area contributed by atoms with Gasteiger partial charge in [-0.2, -0.15) is 16.4 Å². The molecule has 1 aliphatic rings. The van der Waals surface area contributed by atoms with Crippen molar-refractivity contribution in [1.82, 2.24) is 20.4 Å². The smallest absolute Gasteiger partial charge is 0.252 e. The lowest BCUT2D eigenvalue weighted by atomic mass is 9.91. The van der Waals surface area contributed by atoms with Gasteiger partial charge in [0.15, 0.2) is 0 Å². The molecule has 6 nitrogen and oxygen atoms in total. The topological polar surface area (TPSA) is 79.2 Å². The third kappa shape index (κ3) is 4.60. The van der Waals surface area contributed by atoms with Crippen LogP contribution in [-0.2, 0) is 6.42 Å². The highest BCUT2D eigenvalue weighted by Gasteiger charge is 2.25. The summed E-state index contributed by atoms with van der Waals surface area (Å²) in [6.45, 7) is 1.42. The normalized spacial score (nSPS) is 15.4. The number of amides is 1. The average molecular weight is 487 g/mol. The number of fused-ring (bicyclic) bond motifs is 1. The van der Waals surface area contributed by atoms with E-state index in [1.165, 1.54) is 11.3 Å². The number of allylic oxidation sites excluding steroid dienone is 1. The van der Waals surface area contributed by atoms with Crippen LogP contribution < -0.4 is 10.6 Å². The van der Waals surface area contributed by atoms with Crippen molar-refractivity contribution in [1.29, 1.82) is 0 Å². The molecule has 0 spiro atoms. The second-order valence-electron chi connectivity index (χ2n) is 7.17. The number of nitrogens with one attached hydrogen (secondary N) is 2. The van der Waals surface area contributed by atoms with Crippen LogP contribution in [0, 0.1) is 0 Å². The highest BCUT2D eigenvalue weighted by atomic mass is 79.9. The predicted octanol–water partition coefficient (Wildman–Crippen LogP) is 4.35. The number of thiophene rings is 1. The van der Waals surface area contributed by atoms with Crippen LogP contribution in [0.15, 0.2) is 57.8 Å². The van der Waals surface area contributed by atoms with Crippen LogP contribution in [-0.4, -0.2) is 33.9 Å². The van der Waals surface area contributed by atoms with Crippen molar-refractivity contribution in [3.63, 3.8) is 0 Å². The Kier molecular flexibility index (Phi) is 6.54. The highest BCUT2D eigenvalue weighted by Crippen LogP contribution is 2.36. The molecule has 156 valence electrons. The van der Waals surface area contributed by atoms with Gasteiger partial charge >= 0.3 is 0 Å². The molecule has 1 aromatic carbocycles. The van der Waals surface area contributed by atoms with Gasteiger partial charge in [-0.05, 0) is 52.4 Å². The summed E-state index contributed by atoms with van der Waals surface area (Å²) in [7, 11) is 0. The van der Waals surface area contributed by atoms with Crippen molar-refractivity contribution in [2.24, 2.45) is 0 Å². The van der Waals surface area contributed by atoms with Crippen molar-refractivity contribution in [2.75, 3.05) is 13.1 Å². The van der Waals surface area contributed by atoms with Crippen LogP contribution >= 0.6 is 27.3 Å². The number of para-hydroxylation sites is 1. The Hall–Kier alpha value is -2.58. The molecule has 2 aromatic heterocycles. The molecular weight excluding hydrogens is 464 g/mol. The van der Waals surface area contributed by atoms with Crippen LogP contribution in [0.25, 0.3) is 5.82 Å². The number of aromatic nitrogens is 2. The molecular formula is C22H23BrN4O2S. The summed E-state index contributed by atoms with van der Waals surface area (Å²) >= 11 is 5.11. The molecule has 3 N–H and O–H groups in total. The van der Waals surface area contributed by atoms with Gasteiger partial charge in [0.2, 0.25) is 0 Å². The minimum Gasteiger partial charge on any atom is -0.508 e. The first-order valence-electron chi connectivity index (χ1n) is 9.90. The molecule has 0 radical (unpaired) electrons. The molecule has 8 heteroatoms. The molecule has 1 aliphatic heterocycles. The van der Waals surface area contributed by atoms with Gasteiger partial charge in [-0.3, -0.25) is 4.79 Å². The first kappa shape index (κ1) is 20.7. The second-order valence-corrected chi connectivity index (χ2v) is 8.81. The SMILES string of the molecule is O=C(NCCCCNC1=CC(c2ccccc2O)Cc2c(Br)cnn21)c1ccsc1. The third-order valence-electron chi connectivity index (χ3n) is 5.13. The molecule has 0 saturated heterocycles. The molecule has 3 aromatic rings. The van der Waals surface area contributed by atoms with Gasteiger partial charge in [0.1, 0.15) is 11.6 Å². The molecule has 1 atom stereocenters. The lowest BCUT2D eigenvalue weighted by molar-refractivity contribution is 0.0953. The van der Waals surface area contributed by atoms with E-state index in [0.29, 0.717) is 12.3 Å². The zero-order valence-electron chi connectivity index (χ0n) is 16.3. The molecule has 0 saturated carbocycles. The molecule has 1 amide bonds. The molecule has 30 heavy (non-hydrogen) atoms. The minimum atomic E-state index is -0.0178. The first-order valence-corrected chi connectivity index (χ1v) is 11.6. The number of carbonyl (C=O) groups excluding carboxylic acids is 1. The van der Waals surface area contributed by atoms with Gasteiger partial charge in [-0.15, -0.1) is 0 Å². The van der Waals surface area contributed by atoms with Gasteiger partial charge < -0.3 is 15.7 Å². The minimum absolute atomic E-state index is 0.0178. The third-order valence-corrected chi connectivity index (χ3v) is 6.48. The number of phenols is 1. The van der Waals surface area contributed by atoms with Gasteiger partial charge in [0, 0.05) is 41.9 Å². The van der Waals surface area contributed by atoms with Gasteiger partial charge in [0.25, 0.3) is 5.91 Å². The van der Waals surface area contributed by atoms with E-state index < -0.39 is 0 Å². The van der Waals surface area contributed by atoms with E-state index in [1.54, 1.807) is 12.3 Å². The quantitative estimate of drug-likeness (QED) is 0.413. The number of rotatable bonds is 8. The van der Waals surface area contributed by atoms with Gasteiger partial charge in [-0.1, -0.05) is 18.2 Å². The molecule has 0 fully saturated rings. The number of carbonyl (C=O) groups is 1. The number of halogens is 1. The number of benzene rings is 1. The number of hydrogen-bond donors (Lipinski definition) is 3. The van der Waals surface area contributed by atoms with Gasteiger partial charge in [-0.25, -0.2) is 4.68 Å². The maximum Gasteiger partial charge on any atom is 0.252 e. The van der Waals surface area contributed by atoms with Crippen LogP contribution in [0.2, 0.25) is 0 Å². The Morgan fingerprint density at radius 1 is 1.27 bits per heavy atom. The number of unbranched alkanes of at least 4 members (excludes halogenated alkanes) is 1. The Morgan fingerprint density at radius 3 is 2.90 bits per heavy atom. The van der Waals surface area contributed by atoms with Crippen LogP contribution in [0.3, 0.4) is 0 Å². The fourth-order valence-corrected chi connectivity index (χ4v) is 4.63. The van der Waals surface area contributed by atoms with Crippen LogP contribution in [0.5, 0.6) is 5.75 Å². The lowest BCUT2D eigenvalue weighted by Gasteiger charge is -2.25. The standard InChI is InChI=1S/C22H23BrN4O2S/c23-18-13-26-27-19(18)11-16(17-5-1-2-6-20(17)28)12-21(27)24-8-3-4-9-25-22(29)15-7-10-30-14-15/h1-2,5-7,10,12-14,16,24,28H,3-4,8-9,11H2,(H,25,29). The van der Waals surface area contributed by atoms with E-state index in [2.05, 4.69) is 37.7 Å². The molecule has 1 unspecified atom stereocenters. The molecule has 0 aliphatic carbocycles. The maximum atomic E-state index is 12.0. The predicted molar refractivity (Wildman–Crippen MR) is 123 cm³/mol. The van der Waals surface area contributed by atoms with Crippen molar-refractivity contribution in [3.8, 4) is 5.75 Å².